The number of aliphatic carboxylic acids is 1. The quantitative estimate of drug-likeness (QED) is 0.0627. The predicted molar refractivity (Wildman–Crippen MR) is 304 cm³/mol. The molecular weight excluding hydrogens is 1230 g/mol. The highest BCUT2D eigenvalue weighted by Crippen LogP contribution is 2.31. The van der Waals surface area contributed by atoms with Gasteiger partial charge < -0.3 is 31.3 Å². The number of likely N-dealkylation sites (tertiary alicyclic amines) is 2. The molecule has 2 fully saturated rings. The smallest absolute Gasteiger partial charge is 0.311 e. The molecule has 0 radical (unpaired) electrons. The SMILES string of the molecule is CC(=O)c1nn(CC(=O)N2C[C@H](F)C[C@H]2C(=O)Nc2cccc(Br)n2)c2ccc(-c3cnc(CC(=O)O)nc3)cc12.CC(=O)c1nn(CC(=O)N2C[C@H](F)C[C@H]2C(=O)Nc2cccc(Br)n2)c2ccc(-c3cnc(CC(N)=O)nc3)cc12.[2H]CF. The van der Waals surface area contributed by atoms with Gasteiger partial charge in [-0.1, -0.05) is 24.3 Å². The first-order valence-electron chi connectivity index (χ1n) is 26.0. The van der Waals surface area contributed by atoms with Gasteiger partial charge in [-0.2, -0.15) is 10.2 Å². The Kier molecular flexibility index (Phi) is 18.9. The number of aromatic nitrogens is 10. The molecule has 434 valence electrons. The summed E-state index contributed by atoms with van der Waals surface area (Å²) >= 11 is 6.47. The summed E-state index contributed by atoms with van der Waals surface area (Å²) in [4.78, 5) is 127. The van der Waals surface area contributed by atoms with Crippen LogP contribution in [0.25, 0.3) is 44.1 Å². The molecule has 6 aromatic heterocycles. The third-order valence-electron chi connectivity index (χ3n) is 13.1. The third kappa shape index (κ3) is 14.5. The van der Waals surface area contributed by atoms with E-state index in [1.54, 1.807) is 85.2 Å². The van der Waals surface area contributed by atoms with E-state index >= 15 is 0 Å². The van der Waals surface area contributed by atoms with Crippen molar-refractivity contribution in [1.29, 1.82) is 0 Å². The molecule has 8 aromatic rings. The number of carbonyl (C=O) groups is 8. The molecule has 84 heavy (non-hydrogen) atoms. The van der Waals surface area contributed by atoms with E-state index in [9.17, 15) is 51.5 Å². The molecule has 0 aliphatic carbocycles. The first-order valence-corrected chi connectivity index (χ1v) is 26.9. The highest BCUT2D eigenvalue weighted by Gasteiger charge is 2.42. The van der Waals surface area contributed by atoms with E-state index in [1.165, 1.54) is 45.4 Å². The van der Waals surface area contributed by atoms with Crippen molar-refractivity contribution in [3.8, 4) is 22.3 Å². The van der Waals surface area contributed by atoms with Crippen LogP contribution in [-0.4, -0.2) is 156 Å². The van der Waals surface area contributed by atoms with Gasteiger partial charge in [0.1, 0.15) is 87.8 Å². The number of carbonyl (C=O) groups excluding carboxylic acids is 7. The highest BCUT2D eigenvalue weighted by molar-refractivity contribution is 9.10. The maximum absolute atomic E-state index is 14.4. The number of pyridine rings is 2. The fourth-order valence-corrected chi connectivity index (χ4v) is 10.1. The second-order valence-electron chi connectivity index (χ2n) is 19.0. The van der Waals surface area contributed by atoms with E-state index < -0.39 is 67.1 Å². The first kappa shape index (κ1) is 59.4. The van der Waals surface area contributed by atoms with Crippen molar-refractivity contribution in [1.82, 2.24) is 59.3 Å². The number of halogens is 5. The van der Waals surface area contributed by atoms with Gasteiger partial charge in [0.25, 0.3) is 0 Å². The van der Waals surface area contributed by atoms with Crippen LogP contribution >= 0.6 is 31.9 Å². The molecule has 5 N–H and O–H groups in total. The number of carboxylic acids is 1. The van der Waals surface area contributed by atoms with Gasteiger partial charge in [-0.15, -0.1) is 0 Å². The normalized spacial score (nSPS) is 16.4. The van der Waals surface area contributed by atoms with Gasteiger partial charge in [0.2, 0.25) is 29.5 Å². The van der Waals surface area contributed by atoms with E-state index in [1.807, 2.05) is 0 Å². The number of benzene rings is 2. The lowest BCUT2D eigenvalue weighted by molar-refractivity contribution is -0.137. The van der Waals surface area contributed by atoms with E-state index in [2.05, 4.69) is 82.6 Å². The third-order valence-corrected chi connectivity index (χ3v) is 14.0. The number of primary amides is 1. The first-order chi connectivity index (χ1) is 40.6. The van der Waals surface area contributed by atoms with Crippen LogP contribution in [0.3, 0.4) is 0 Å². The summed E-state index contributed by atoms with van der Waals surface area (Å²) in [5.74, 6) is -3.39. The Morgan fingerprint density at radius 3 is 1.38 bits per heavy atom. The fourth-order valence-electron chi connectivity index (χ4n) is 9.39. The summed E-state index contributed by atoms with van der Waals surface area (Å²) in [6.07, 6.45) is 2.63. The van der Waals surface area contributed by atoms with E-state index in [-0.39, 0.29) is 98.1 Å². The molecule has 24 nitrogen and oxygen atoms in total. The lowest BCUT2D eigenvalue weighted by atomic mass is 10.0. The van der Waals surface area contributed by atoms with Crippen LogP contribution in [0.15, 0.2) is 107 Å². The lowest BCUT2D eigenvalue weighted by Crippen LogP contribution is -2.44. The molecule has 10 rings (SSSR count). The van der Waals surface area contributed by atoms with Crippen LogP contribution in [0.4, 0.5) is 24.8 Å². The molecule has 2 aliphatic rings. The van der Waals surface area contributed by atoms with Crippen LogP contribution in [0.5, 0.6) is 0 Å². The number of carboxylic acid groups (broad SMARTS) is 1. The molecule has 29 heteroatoms. The van der Waals surface area contributed by atoms with E-state index in [0.29, 0.717) is 53.3 Å². The minimum absolute atomic E-state index is 0.0851. The second kappa shape index (κ2) is 26.8. The maximum Gasteiger partial charge on any atom is 0.311 e. The zero-order valence-corrected chi connectivity index (χ0v) is 47.6. The summed E-state index contributed by atoms with van der Waals surface area (Å²) in [6.45, 7) is 1.62. The minimum Gasteiger partial charge on any atom is -0.481 e. The van der Waals surface area contributed by atoms with Crippen molar-refractivity contribution < 1.29 is 58.0 Å². The van der Waals surface area contributed by atoms with E-state index in [4.69, 9.17) is 12.2 Å². The van der Waals surface area contributed by atoms with Crippen molar-refractivity contribution >= 4 is 112 Å². The van der Waals surface area contributed by atoms with Crippen LogP contribution < -0.4 is 16.4 Å². The van der Waals surface area contributed by atoms with Gasteiger partial charge in [0.15, 0.2) is 11.6 Å². The lowest BCUT2D eigenvalue weighted by Gasteiger charge is -2.23. The van der Waals surface area contributed by atoms with Crippen molar-refractivity contribution in [2.24, 2.45) is 5.73 Å². The van der Waals surface area contributed by atoms with Crippen molar-refractivity contribution in [2.45, 2.75) is 77.0 Å². The Morgan fingerprint density at radius 2 is 1.02 bits per heavy atom. The zero-order chi connectivity index (χ0) is 61.2. The van der Waals surface area contributed by atoms with Gasteiger partial charge in [-0.3, -0.25) is 52.1 Å². The van der Waals surface area contributed by atoms with Crippen LogP contribution in [-0.2, 0) is 54.7 Å². The van der Waals surface area contributed by atoms with Crippen molar-refractivity contribution in [2.75, 3.05) is 30.9 Å². The number of ketones is 2. The van der Waals surface area contributed by atoms with Crippen LogP contribution in [0.1, 0.15) is 60.7 Å². The molecule has 4 atom stereocenters. The number of nitrogens with two attached hydrogens (primary N) is 1. The number of fused-ring (bicyclic) bond motifs is 2. The molecule has 2 saturated heterocycles. The summed E-state index contributed by atoms with van der Waals surface area (Å²) in [7, 11) is -1.00. The predicted octanol–water partition coefficient (Wildman–Crippen LogP) is 6.10. The van der Waals surface area contributed by atoms with Gasteiger partial charge in [-0.05, 0) is 91.5 Å². The Balaban J connectivity index is 0.000000212. The molecule has 0 spiro atoms. The summed E-state index contributed by atoms with van der Waals surface area (Å²) in [5, 5.41) is 23.9. The number of hydrogen-bond acceptors (Lipinski definition) is 16. The zero-order valence-electron chi connectivity index (χ0n) is 45.5. The van der Waals surface area contributed by atoms with Crippen molar-refractivity contribution in [3.63, 3.8) is 0 Å². The summed E-state index contributed by atoms with van der Waals surface area (Å²) in [5.41, 5.74) is 9.06. The van der Waals surface area contributed by atoms with Gasteiger partial charge in [0.05, 0.1) is 39.1 Å². The van der Waals surface area contributed by atoms with Crippen molar-refractivity contribution in [3.05, 3.63) is 130 Å². The average Bonchev–Trinajstić information content (AvgIpc) is 2.03. The monoisotopic (exact) mass is 1280 g/mol. The minimum atomic E-state index is -1.38. The van der Waals surface area contributed by atoms with Gasteiger partial charge in [0, 0.05) is 73.4 Å². The molecule has 2 aliphatic heterocycles. The highest BCUT2D eigenvalue weighted by atomic mass is 79.9. The Morgan fingerprint density at radius 1 is 0.631 bits per heavy atom. The van der Waals surface area contributed by atoms with Gasteiger partial charge >= 0.3 is 5.97 Å². The molecule has 0 saturated carbocycles. The topological polar surface area (TPSA) is 326 Å². The average molecular weight is 1280 g/mol. The summed E-state index contributed by atoms with van der Waals surface area (Å²) < 4.78 is 48.1. The second-order valence-corrected chi connectivity index (χ2v) is 20.7. The number of anilines is 2. The Hall–Kier alpha value is -9.25. The molecule has 0 unspecified atom stereocenters. The number of Topliss-reactive ketones (excluding diaryl/α,β-unsaturated/α-hetero) is 2. The molecule has 8 heterocycles. The van der Waals surface area contributed by atoms with Crippen LogP contribution in [0.2, 0.25) is 0 Å². The van der Waals surface area contributed by atoms with Gasteiger partial charge in [-0.25, -0.2) is 38.7 Å². The standard InChI is InChI=1S/C27H24BrFN8O4.C27H23BrFN7O5.CH3F/c1-14(38)26-18-7-15(16-10-31-24(32-11-16)9-22(30)39)5-6-19(18)37(35-26)13-25(40)36-12-17(29)8-20(36)27(41)34-23-4-2-3-21(28)33-23;1-14(37)26-18-7-15(16-10-30-23(31-11-16)9-25(39)40)5-6-19(18)36(34-26)13-24(38)35-12-17(29)8-20(35)27(41)33-22-4-2-3-21(28)32-22;1-2/h2-7,10-11,17,20H,8-9,12-13H2,1H3,(H2,30,39)(H,33,34,41);2-7,10-11,17,20H,8-9,12-13H2,1H3,(H,39,40)(H,32,33,41);1H3/t2*17-,20+;/m11./s1/i;;1D. The maximum atomic E-state index is 14.4. The van der Waals surface area contributed by atoms with Crippen LogP contribution in [0, 0.1) is 0 Å². The fraction of sp³-hybridized carbons (Fsp3) is 0.273. The number of nitrogens with one attached hydrogen (secondary N) is 2. The Bertz CT molecular complexity index is 3630. The molecule has 5 amide bonds. The molecule has 2 aromatic carbocycles. The Labute approximate surface area is 493 Å². The largest absolute Gasteiger partial charge is 0.481 e. The molecule has 0 bridgehead atoms. The number of hydrogen-bond donors (Lipinski definition) is 4. The number of nitrogens with zero attached hydrogens (tertiary/aromatic N) is 12. The number of alkyl halides is 3. The van der Waals surface area contributed by atoms with E-state index in [0.717, 1.165) is 0 Å². The summed E-state index contributed by atoms with van der Waals surface area (Å²) in [6, 6.07) is 18.2. The number of rotatable bonds is 16. The number of amides is 5. The molecular formula is C55H50Br2F3N15O9.